The summed E-state index contributed by atoms with van der Waals surface area (Å²) >= 11 is 0. The van der Waals surface area contributed by atoms with E-state index in [1.165, 1.54) is 0 Å². The van der Waals surface area contributed by atoms with E-state index in [4.69, 9.17) is 4.74 Å². The first-order valence-electron chi connectivity index (χ1n) is 9.13. The number of imidazole rings is 1. The van der Waals surface area contributed by atoms with Gasteiger partial charge in [-0.15, -0.1) is 0 Å². The van der Waals surface area contributed by atoms with Crippen LogP contribution in [-0.2, 0) is 18.4 Å². The summed E-state index contributed by atoms with van der Waals surface area (Å²) in [4.78, 5) is 19.1. The molecule has 138 valence electrons. The highest BCUT2D eigenvalue weighted by atomic mass is 16.6. The van der Waals surface area contributed by atoms with E-state index in [0.29, 0.717) is 12.2 Å². The van der Waals surface area contributed by atoms with Crippen LogP contribution in [0.25, 0.3) is 0 Å². The lowest BCUT2D eigenvalue weighted by Crippen LogP contribution is -2.32. The van der Waals surface area contributed by atoms with E-state index in [-0.39, 0.29) is 16.4 Å². The summed E-state index contributed by atoms with van der Waals surface area (Å²) < 4.78 is 6.36. The van der Waals surface area contributed by atoms with Crippen LogP contribution in [0, 0.1) is 10.1 Å². The number of ether oxygens (including phenoxy) is 1. The van der Waals surface area contributed by atoms with E-state index in [2.05, 4.69) is 9.97 Å². The highest BCUT2D eigenvalue weighted by Crippen LogP contribution is 2.41. The molecule has 1 N–H and O–H groups in total. The predicted molar refractivity (Wildman–Crippen MR) is 102 cm³/mol. The van der Waals surface area contributed by atoms with Gasteiger partial charge in [0, 0.05) is 23.5 Å². The Morgan fingerprint density at radius 1 is 1.15 bits per heavy atom. The largest absolute Gasteiger partial charge is 0.468 e. The molecule has 27 heavy (non-hydrogen) atoms. The lowest BCUT2D eigenvalue weighted by Gasteiger charge is -2.30. The van der Waals surface area contributed by atoms with E-state index in [9.17, 15) is 10.1 Å². The van der Waals surface area contributed by atoms with Gasteiger partial charge in [0.25, 0.3) is 0 Å². The molecule has 1 aromatic heterocycles. The average molecular weight is 363 g/mol. The van der Waals surface area contributed by atoms with Crippen molar-refractivity contribution in [2.24, 2.45) is 0 Å². The van der Waals surface area contributed by atoms with Crippen LogP contribution in [0.15, 0.2) is 54.9 Å². The SMILES string of the molecule is C[C@](Oc1ccc2c(c1[N+](=O)[O-])CCCC2)(c1ccccc1)c1ncc[nH]1. The minimum absolute atomic E-state index is 0.0842. The lowest BCUT2D eigenvalue weighted by molar-refractivity contribution is -0.387. The van der Waals surface area contributed by atoms with Crippen molar-refractivity contribution in [3.05, 3.63) is 87.5 Å². The van der Waals surface area contributed by atoms with Gasteiger partial charge in [-0.2, -0.15) is 0 Å². The van der Waals surface area contributed by atoms with Gasteiger partial charge in [-0.25, -0.2) is 4.98 Å². The van der Waals surface area contributed by atoms with E-state index >= 15 is 0 Å². The number of nitro benzene ring substituents is 1. The molecule has 1 aliphatic carbocycles. The Balaban J connectivity index is 1.84. The van der Waals surface area contributed by atoms with Crippen molar-refractivity contribution in [2.45, 2.75) is 38.2 Å². The number of aryl methyl sites for hydroxylation is 1. The molecule has 0 spiro atoms. The minimum atomic E-state index is -0.974. The van der Waals surface area contributed by atoms with Gasteiger partial charge >= 0.3 is 5.69 Å². The Bertz CT molecular complexity index is 954. The molecule has 1 atom stereocenters. The molecule has 0 fully saturated rings. The molecule has 2 aromatic carbocycles. The smallest absolute Gasteiger partial charge is 0.314 e. The van der Waals surface area contributed by atoms with E-state index in [1.807, 2.05) is 43.3 Å². The normalized spacial score (nSPS) is 15.6. The number of aromatic nitrogens is 2. The van der Waals surface area contributed by atoms with Crippen LogP contribution < -0.4 is 4.74 Å². The Morgan fingerprint density at radius 2 is 1.93 bits per heavy atom. The van der Waals surface area contributed by atoms with Crippen molar-refractivity contribution in [3.63, 3.8) is 0 Å². The van der Waals surface area contributed by atoms with Crippen molar-refractivity contribution < 1.29 is 9.66 Å². The topological polar surface area (TPSA) is 81.1 Å². The number of aromatic amines is 1. The highest BCUT2D eigenvalue weighted by molar-refractivity contribution is 5.57. The monoisotopic (exact) mass is 363 g/mol. The number of hydrogen-bond donors (Lipinski definition) is 1. The molecule has 6 heteroatoms. The van der Waals surface area contributed by atoms with Crippen LogP contribution in [0.2, 0.25) is 0 Å². The highest BCUT2D eigenvalue weighted by Gasteiger charge is 2.37. The summed E-state index contributed by atoms with van der Waals surface area (Å²) in [5.41, 5.74) is 1.84. The average Bonchev–Trinajstić information content (AvgIpc) is 3.23. The number of nitrogens with zero attached hydrogens (tertiary/aromatic N) is 2. The first-order chi connectivity index (χ1) is 13.1. The van der Waals surface area contributed by atoms with Crippen LogP contribution in [0.1, 0.15) is 42.3 Å². The van der Waals surface area contributed by atoms with Crippen LogP contribution in [0.3, 0.4) is 0 Å². The number of benzene rings is 2. The molecule has 3 aromatic rings. The van der Waals surface area contributed by atoms with Crippen LogP contribution in [0.4, 0.5) is 5.69 Å². The van der Waals surface area contributed by atoms with Gasteiger partial charge in [0.05, 0.1) is 4.92 Å². The number of rotatable bonds is 5. The molecule has 0 unspecified atom stereocenters. The molecular weight excluding hydrogens is 342 g/mol. The lowest BCUT2D eigenvalue weighted by atomic mass is 9.89. The van der Waals surface area contributed by atoms with Crippen molar-refractivity contribution in [1.29, 1.82) is 0 Å². The van der Waals surface area contributed by atoms with Crippen LogP contribution in [-0.4, -0.2) is 14.9 Å². The van der Waals surface area contributed by atoms with E-state index < -0.39 is 5.60 Å². The van der Waals surface area contributed by atoms with Gasteiger partial charge in [0.2, 0.25) is 0 Å². The molecular formula is C21H21N3O3. The van der Waals surface area contributed by atoms with Crippen LogP contribution >= 0.6 is 0 Å². The second-order valence-corrected chi connectivity index (χ2v) is 6.95. The standard InChI is InChI=1S/C21H21N3O3/c1-21(20-22-13-14-23-20,16-8-3-2-4-9-16)27-18-12-11-15-7-5-6-10-17(15)19(18)24(25)26/h2-4,8-9,11-14H,5-7,10H2,1H3,(H,22,23)/t21-/m0/s1. The van der Waals surface area contributed by atoms with Gasteiger partial charge in [0.1, 0.15) is 0 Å². The molecule has 0 aliphatic heterocycles. The molecule has 0 radical (unpaired) electrons. The maximum absolute atomic E-state index is 11.9. The van der Waals surface area contributed by atoms with Crippen molar-refractivity contribution in [2.75, 3.05) is 0 Å². The Morgan fingerprint density at radius 3 is 2.63 bits per heavy atom. The van der Waals surface area contributed by atoms with Crippen molar-refractivity contribution in [1.82, 2.24) is 9.97 Å². The van der Waals surface area contributed by atoms with Gasteiger partial charge in [-0.1, -0.05) is 36.4 Å². The molecule has 0 saturated heterocycles. The Kier molecular flexibility index (Phi) is 4.39. The molecule has 1 aliphatic rings. The van der Waals surface area contributed by atoms with E-state index in [1.54, 1.807) is 18.5 Å². The summed E-state index contributed by atoms with van der Waals surface area (Å²) in [6.45, 7) is 1.88. The zero-order valence-electron chi connectivity index (χ0n) is 15.1. The predicted octanol–water partition coefficient (Wildman–Crippen LogP) is 4.54. The van der Waals surface area contributed by atoms with Gasteiger partial charge in [-0.3, -0.25) is 10.1 Å². The number of fused-ring (bicyclic) bond motifs is 1. The Hall–Kier alpha value is -3.15. The zero-order chi connectivity index (χ0) is 18.9. The summed E-state index contributed by atoms with van der Waals surface area (Å²) in [6.07, 6.45) is 7.00. The summed E-state index contributed by atoms with van der Waals surface area (Å²) in [6, 6.07) is 13.3. The zero-order valence-corrected chi connectivity index (χ0v) is 15.1. The second kappa shape index (κ2) is 6.87. The summed E-state index contributed by atoms with van der Waals surface area (Å²) in [5, 5.41) is 11.9. The first kappa shape index (κ1) is 17.3. The molecule has 1 heterocycles. The number of nitro groups is 1. The fourth-order valence-electron chi connectivity index (χ4n) is 3.82. The van der Waals surface area contributed by atoms with Gasteiger partial charge in [-0.05, 0) is 44.2 Å². The molecule has 6 nitrogen and oxygen atoms in total. The minimum Gasteiger partial charge on any atom is -0.468 e. The third-order valence-corrected chi connectivity index (χ3v) is 5.24. The fourth-order valence-corrected chi connectivity index (χ4v) is 3.82. The fraction of sp³-hybridized carbons (Fsp3) is 0.286. The molecule has 0 amide bonds. The van der Waals surface area contributed by atoms with Crippen molar-refractivity contribution >= 4 is 5.69 Å². The Labute approximate surface area is 157 Å². The maximum Gasteiger partial charge on any atom is 0.314 e. The van der Waals surface area contributed by atoms with Gasteiger partial charge < -0.3 is 9.72 Å². The maximum atomic E-state index is 11.9. The third kappa shape index (κ3) is 3.07. The van der Waals surface area contributed by atoms with Gasteiger partial charge in [0.15, 0.2) is 17.2 Å². The summed E-state index contributed by atoms with van der Waals surface area (Å²) in [7, 11) is 0. The quantitative estimate of drug-likeness (QED) is 0.533. The summed E-state index contributed by atoms with van der Waals surface area (Å²) in [5.74, 6) is 0.879. The molecule has 0 saturated carbocycles. The first-order valence-corrected chi connectivity index (χ1v) is 9.13. The molecule has 0 bridgehead atoms. The second-order valence-electron chi connectivity index (χ2n) is 6.95. The van der Waals surface area contributed by atoms with Crippen LogP contribution in [0.5, 0.6) is 5.75 Å². The number of hydrogen-bond acceptors (Lipinski definition) is 4. The van der Waals surface area contributed by atoms with E-state index in [0.717, 1.165) is 36.0 Å². The third-order valence-electron chi connectivity index (χ3n) is 5.24. The molecule has 4 rings (SSSR count). The number of nitrogens with one attached hydrogen (secondary N) is 1. The van der Waals surface area contributed by atoms with Crippen molar-refractivity contribution in [3.8, 4) is 5.75 Å². The number of H-pyrrole nitrogens is 1.